The summed E-state index contributed by atoms with van der Waals surface area (Å²) in [6.45, 7) is 5.08. The Bertz CT molecular complexity index is 580. The van der Waals surface area contributed by atoms with E-state index in [4.69, 9.17) is 14.2 Å². The first-order chi connectivity index (χ1) is 12.4. The molecule has 0 radical (unpaired) electrons. The van der Waals surface area contributed by atoms with Crippen LogP contribution in [0, 0.1) is 0 Å². The molecule has 0 bridgehead atoms. The summed E-state index contributed by atoms with van der Waals surface area (Å²) < 4.78 is 17.4. The maximum absolute atomic E-state index is 6.02. The predicted octanol–water partition coefficient (Wildman–Crippen LogP) is 4.79. The summed E-state index contributed by atoms with van der Waals surface area (Å²) in [7, 11) is 0. The second-order valence-electron chi connectivity index (χ2n) is 6.59. The van der Waals surface area contributed by atoms with Crippen LogP contribution in [0.1, 0.15) is 45.4 Å². The maximum atomic E-state index is 6.02. The van der Waals surface area contributed by atoms with E-state index in [2.05, 4.69) is 30.1 Å². The zero-order chi connectivity index (χ0) is 17.3. The minimum Gasteiger partial charge on any atom is -0.458 e. The van der Waals surface area contributed by atoms with Crippen molar-refractivity contribution in [2.24, 2.45) is 0 Å². The minimum absolute atomic E-state index is 0.222. The van der Waals surface area contributed by atoms with E-state index in [1.807, 2.05) is 12.2 Å². The quantitative estimate of drug-likeness (QED) is 0.665. The van der Waals surface area contributed by atoms with Crippen LogP contribution in [0.15, 0.2) is 60.0 Å². The molecule has 3 rings (SSSR count). The first-order valence-electron chi connectivity index (χ1n) is 9.48. The zero-order valence-corrected chi connectivity index (χ0v) is 15.2. The summed E-state index contributed by atoms with van der Waals surface area (Å²) in [5, 5.41) is 0. The van der Waals surface area contributed by atoms with Gasteiger partial charge in [-0.05, 0) is 43.8 Å². The van der Waals surface area contributed by atoms with E-state index in [1.165, 1.54) is 24.8 Å². The van der Waals surface area contributed by atoms with E-state index in [0.717, 1.165) is 38.1 Å². The van der Waals surface area contributed by atoms with Gasteiger partial charge in [-0.25, -0.2) is 0 Å². The van der Waals surface area contributed by atoms with Crippen LogP contribution in [0.4, 0.5) is 0 Å². The van der Waals surface area contributed by atoms with Crippen LogP contribution in [0.5, 0.6) is 0 Å². The Balaban J connectivity index is 1.41. The van der Waals surface area contributed by atoms with Crippen molar-refractivity contribution in [2.75, 3.05) is 19.7 Å². The largest absolute Gasteiger partial charge is 0.458 e. The highest BCUT2D eigenvalue weighted by atomic mass is 16.5. The van der Waals surface area contributed by atoms with E-state index < -0.39 is 0 Å². The lowest BCUT2D eigenvalue weighted by molar-refractivity contribution is -0.0579. The van der Waals surface area contributed by atoms with Crippen molar-refractivity contribution in [3.8, 4) is 0 Å². The molecule has 3 aliphatic rings. The highest BCUT2D eigenvalue weighted by Crippen LogP contribution is 2.25. The van der Waals surface area contributed by atoms with Gasteiger partial charge < -0.3 is 14.2 Å². The van der Waals surface area contributed by atoms with E-state index in [-0.39, 0.29) is 6.23 Å². The van der Waals surface area contributed by atoms with Crippen molar-refractivity contribution >= 4 is 0 Å². The molecule has 4 nitrogen and oxygen atoms in total. The third-order valence-corrected chi connectivity index (χ3v) is 4.75. The van der Waals surface area contributed by atoms with Gasteiger partial charge in [0.25, 0.3) is 0 Å². The summed E-state index contributed by atoms with van der Waals surface area (Å²) in [5.41, 5.74) is 1.18. The lowest BCUT2D eigenvalue weighted by Gasteiger charge is -2.33. The molecule has 25 heavy (non-hydrogen) atoms. The van der Waals surface area contributed by atoms with E-state index in [1.54, 1.807) is 12.5 Å². The van der Waals surface area contributed by atoms with Crippen molar-refractivity contribution in [1.82, 2.24) is 4.90 Å². The summed E-state index contributed by atoms with van der Waals surface area (Å²) in [4.78, 5) is 2.46. The number of nitrogens with zero attached hydrogens (tertiary/aromatic N) is 1. The molecule has 0 aromatic heterocycles. The average molecular weight is 343 g/mol. The summed E-state index contributed by atoms with van der Waals surface area (Å²) >= 11 is 0. The molecule has 0 N–H and O–H groups in total. The number of likely N-dealkylation sites (tertiary alicyclic amines) is 1. The molecule has 1 unspecified atom stereocenters. The van der Waals surface area contributed by atoms with Crippen LogP contribution in [-0.4, -0.2) is 30.8 Å². The van der Waals surface area contributed by atoms with E-state index in [9.17, 15) is 0 Å². The Morgan fingerprint density at radius 2 is 2.08 bits per heavy atom. The standard InChI is InChI=1S/C21H29NO3/c1-2-21(22-13-7-4-8-14-22)23-15-9-12-19-16-25-20(17-24-19)18-10-5-3-6-11-18/h3,5,9-10,12,16-17,21H,2,4,6-8,11,13-15H2,1H3. The summed E-state index contributed by atoms with van der Waals surface area (Å²) in [6, 6.07) is 0. The van der Waals surface area contributed by atoms with Gasteiger partial charge >= 0.3 is 0 Å². The third kappa shape index (κ3) is 5.35. The van der Waals surface area contributed by atoms with Gasteiger partial charge in [0.2, 0.25) is 0 Å². The second-order valence-corrected chi connectivity index (χ2v) is 6.59. The van der Waals surface area contributed by atoms with Crippen molar-refractivity contribution in [2.45, 2.75) is 51.7 Å². The smallest absolute Gasteiger partial charge is 0.164 e. The number of allylic oxidation sites excluding steroid dienone is 5. The molecule has 2 aliphatic heterocycles. The molecule has 0 saturated carbocycles. The first kappa shape index (κ1) is 18.0. The normalized spacial score (nSPS) is 22.7. The molecule has 2 heterocycles. The van der Waals surface area contributed by atoms with Gasteiger partial charge in [0, 0.05) is 13.1 Å². The van der Waals surface area contributed by atoms with Crippen LogP contribution in [-0.2, 0) is 14.2 Å². The van der Waals surface area contributed by atoms with Gasteiger partial charge in [-0.2, -0.15) is 0 Å². The van der Waals surface area contributed by atoms with E-state index in [0.29, 0.717) is 12.4 Å². The Hall–Kier alpha value is -1.78. The highest BCUT2D eigenvalue weighted by molar-refractivity contribution is 5.33. The Kier molecular flexibility index (Phi) is 6.95. The lowest BCUT2D eigenvalue weighted by Crippen LogP contribution is -2.40. The molecule has 0 aromatic rings. The molecule has 1 atom stereocenters. The topological polar surface area (TPSA) is 30.9 Å². The highest BCUT2D eigenvalue weighted by Gasteiger charge is 2.19. The molecule has 1 fully saturated rings. The minimum atomic E-state index is 0.222. The average Bonchev–Trinajstić information content (AvgIpc) is 2.70. The number of piperidine rings is 1. The maximum Gasteiger partial charge on any atom is 0.164 e. The molecule has 136 valence electrons. The van der Waals surface area contributed by atoms with Gasteiger partial charge in [0.05, 0.1) is 6.61 Å². The van der Waals surface area contributed by atoms with Crippen LogP contribution in [0.3, 0.4) is 0 Å². The number of hydrogen-bond donors (Lipinski definition) is 0. The molecular weight excluding hydrogens is 314 g/mol. The van der Waals surface area contributed by atoms with Crippen LogP contribution >= 0.6 is 0 Å². The fourth-order valence-corrected chi connectivity index (χ4v) is 3.36. The van der Waals surface area contributed by atoms with Gasteiger partial charge in [0.15, 0.2) is 11.5 Å². The number of hydrogen-bond acceptors (Lipinski definition) is 4. The fourth-order valence-electron chi connectivity index (χ4n) is 3.36. The van der Waals surface area contributed by atoms with Crippen molar-refractivity contribution in [3.63, 3.8) is 0 Å². The molecule has 0 amide bonds. The van der Waals surface area contributed by atoms with Gasteiger partial charge in [-0.15, -0.1) is 0 Å². The zero-order valence-electron chi connectivity index (χ0n) is 15.2. The Morgan fingerprint density at radius 1 is 1.20 bits per heavy atom. The van der Waals surface area contributed by atoms with Crippen molar-refractivity contribution in [1.29, 1.82) is 0 Å². The van der Waals surface area contributed by atoms with Gasteiger partial charge in [0.1, 0.15) is 18.8 Å². The first-order valence-corrected chi connectivity index (χ1v) is 9.48. The monoisotopic (exact) mass is 343 g/mol. The SMILES string of the molecule is CCC(OCC=CC1=COC(C2=CC=CCC2)=CO1)N1CCCCC1. The third-order valence-electron chi connectivity index (χ3n) is 4.75. The molecule has 1 aliphatic carbocycles. The van der Waals surface area contributed by atoms with Crippen LogP contribution < -0.4 is 0 Å². The molecule has 1 saturated heterocycles. The summed E-state index contributed by atoms with van der Waals surface area (Å²) in [6.07, 6.45) is 20.7. The fraction of sp³-hybridized carbons (Fsp3) is 0.524. The van der Waals surface area contributed by atoms with Crippen LogP contribution in [0.25, 0.3) is 0 Å². The number of rotatable bonds is 7. The number of ether oxygens (including phenoxy) is 3. The van der Waals surface area contributed by atoms with E-state index >= 15 is 0 Å². The predicted molar refractivity (Wildman–Crippen MR) is 99.4 cm³/mol. The Morgan fingerprint density at radius 3 is 2.76 bits per heavy atom. The lowest BCUT2D eigenvalue weighted by atomic mass is 10.0. The Labute approximate surface area is 151 Å². The summed E-state index contributed by atoms with van der Waals surface area (Å²) in [5.74, 6) is 1.50. The van der Waals surface area contributed by atoms with Gasteiger partial charge in [-0.1, -0.05) is 37.6 Å². The second kappa shape index (κ2) is 9.64. The molecule has 4 heteroatoms. The van der Waals surface area contributed by atoms with Gasteiger partial charge in [-0.3, -0.25) is 4.90 Å². The molecule has 0 aromatic carbocycles. The molecule has 0 spiro atoms. The van der Waals surface area contributed by atoms with Crippen molar-refractivity contribution < 1.29 is 14.2 Å². The van der Waals surface area contributed by atoms with Crippen molar-refractivity contribution in [3.05, 3.63) is 60.0 Å². The molecular formula is C21H29NO3. The van der Waals surface area contributed by atoms with Crippen LogP contribution in [0.2, 0.25) is 0 Å².